The van der Waals surface area contributed by atoms with E-state index >= 15 is 0 Å². The van der Waals surface area contributed by atoms with Gasteiger partial charge in [0.05, 0.1) is 0 Å². The molecular formula is C21H28O2. The zero-order chi connectivity index (χ0) is 16.9. The van der Waals surface area contributed by atoms with E-state index in [0.717, 1.165) is 0 Å². The minimum atomic E-state index is -1.08. The lowest BCUT2D eigenvalue weighted by Gasteiger charge is -2.09. The fourth-order valence-electron chi connectivity index (χ4n) is 2.22. The van der Waals surface area contributed by atoms with Gasteiger partial charge in [-0.3, -0.25) is 4.79 Å². The van der Waals surface area contributed by atoms with Gasteiger partial charge in [-0.15, -0.1) is 0 Å². The second-order valence-electron chi connectivity index (χ2n) is 5.60. The molecule has 0 fully saturated rings. The highest BCUT2D eigenvalue weighted by Gasteiger charge is 2.18. The van der Waals surface area contributed by atoms with Gasteiger partial charge in [-0.1, -0.05) is 107 Å². The highest BCUT2D eigenvalue weighted by Crippen LogP contribution is 2.17. The Bertz CT molecular complexity index is 530. The molecule has 1 N–H and O–H groups in total. The first-order chi connectivity index (χ1) is 11.2. The Morgan fingerprint density at radius 3 is 1.78 bits per heavy atom. The highest BCUT2D eigenvalue weighted by molar-refractivity contribution is 5.99. The Labute approximate surface area is 140 Å². The van der Waals surface area contributed by atoms with E-state index in [4.69, 9.17) is 0 Å². The van der Waals surface area contributed by atoms with Crippen LogP contribution in [0.4, 0.5) is 0 Å². The molecule has 1 unspecified atom stereocenters. The van der Waals surface area contributed by atoms with E-state index in [2.05, 4.69) is 13.8 Å². The van der Waals surface area contributed by atoms with Crippen LogP contribution in [0.1, 0.15) is 68.0 Å². The molecule has 0 spiro atoms. The van der Waals surface area contributed by atoms with Gasteiger partial charge in [0.1, 0.15) is 6.10 Å². The molecule has 0 saturated carbocycles. The minimum Gasteiger partial charge on any atom is -0.380 e. The number of aliphatic hydroxyl groups excluding tert-OH is 1. The first-order valence-electron chi connectivity index (χ1n) is 8.53. The van der Waals surface area contributed by atoms with Gasteiger partial charge in [0.15, 0.2) is 5.78 Å². The lowest BCUT2D eigenvalue weighted by atomic mass is 10.0. The van der Waals surface area contributed by atoms with Gasteiger partial charge in [0, 0.05) is 5.56 Å². The smallest absolute Gasteiger partial charge is 0.195 e. The van der Waals surface area contributed by atoms with Crippen LogP contribution in [0.15, 0.2) is 60.7 Å². The van der Waals surface area contributed by atoms with E-state index in [1.54, 1.807) is 48.5 Å². The lowest BCUT2D eigenvalue weighted by molar-refractivity contribution is 0.0747. The van der Waals surface area contributed by atoms with Crippen LogP contribution in [-0.4, -0.2) is 10.9 Å². The number of benzene rings is 2. The minimum absolute atomic E-state index is 0.271. The van der Waals surface area contributed by atoms with Crippen LogP contribution in [0.3, 0.4) is 0 Å². The molecule has 0 aromatic heterocycles. The third-order valence-electron chi connectivity index (χ3n) is 3.63. The zero-order valence-electron chi connectivity index (χ0n) is 14.2. The van der Waals surface area contributed by atoms with Crippen LogP contribution >= 0.6 is 0 Å². The molecule has 0 saturated heterocycles. The molecule has 1 atom stereocenters. The summed E-state index contributed by atoms with van der Waals surface area (Å²) in [6.45, 7) is 4.49. The summed E-state index contributed by atoms with van der Waals surface area (Å²) < 4.78 is 0. The molecule has 2 rings (SSSR count). The van der Waals surface area contributed by atoms with Crippen molar-refractivity contribution in [2.45, 2.75) is 52.1 Å². The molecule has 0 radical (unpaired) electrons. The van der Waals surface area contributed by atoms with Crippen molar-refractivity contribution in [3.8, 4) is 0 Å². The number of aliphatic hydroxyl groups is 1. The van der Waals surface area contributed by atoms with E-state index < -0.39 is 6.10 Å². The number of Topliss-reactive ketones (excluding diaryl/α,β-unsaturated/α-hetero) is 1. The summed E-state index contributed by atoms with van der Waals surface area (Å²) in [5, 5.41) is 9.89. The molecule has 2 aromatic rings. The maximum Gasteiger partial charge on any atom is 0.195 e. The van der Waals surface area contributed by atoms with Crippen LogP contribution in [0.5, 0.6) is 0 Å². The Balaban J connectivity index is 0.000000322. The number of ketones is 1. The predicted octanol–water partition coefficient (Wildman–Crippen LogP) is 5.58. The van der Waals surface area contributed by atoms with Crippen molar-refractivity contribution in [2.75, 3.05) is 0 Å². The van der Waals surface area contributed by atoms with Crippen molar-refractivity contribution in [1.29, 1.82) is 0 Å². The normalized spacial score (nSPS) is 11.3. The molecule has 0 heterocycles. The standard InChI is InChI=1S/C14H12O2.C7H16/c15-13(11-7-3-1-4-8-11)14(16)12-9-5-2-6-10-12;1-3-5-7-6-4-2/h1-10,13,15H;3-7H2,1-2H3. The average molecular weight is 312 g/mol. The van der Waals surface area contributed by atoms with Crippen LogP contribution in [0.2, 0.25) is 0 Å². The molecule has 23 heavy (non-hydrogen) atoms. The number of carbonyl (C=O) groups is 1. The molecule has 0 aliphatic heterocycles. The van der Waals surface area contributed by atoms with Crippen LogP contribution in [0.25, 0.3) is 0 Å². The summed E-state index contributed by atoms with van der Waals surface area (Å²) in [5.41, 5.74) is 1.15. The average Bonchev–Trinajstić information content (AvgIpc) is 2.63. The van der Waals surface area contributed by atoms with Crippen molar-refractivity contribution in [2.24, 2.45) is 0 Å². The van der Waals surface area contributed by atoms with E-state index in [1.165, 1.54) is 32.1 Å². The SMILES string of the molecule is CCCCCCC.O=C(c1ccccc1)C(O)c1ccccc1. The Kier molecular flexibility index (Phi) is 9.65. The van der Waals surface area contributed by atoms with Crippen molar-refractivity contribution in [3.63, 3.8) is 0 Å². The third-order valence-corrected chi connectivity index (χ3v) is 3.63. The highest BCUT2D eigenvalue weighted by atomic mass is 16.3. The first kappa shape index (κ1) is 19.1. The quantitative estimate of drug-likeness (QED) is 0.535. The molecule has 2 nitrogen and oxygen atoms in total. The molecule has 0 amide bonds. The van der Waals surface area contributed by atoms with Gasteiger partial charge < -0.3 is 5.11 Å². The van der Waals surface area contributed by atoms with Gasteiger partial charge in [0.25, 0.3) is 0 Å². The number of carbonyl (C=O) groups excluding carboxylic acids is 1. The summed E-state index contributed by atoms with van der Waals surface area (Å²) in [5.74, 6) is -0.271. The second-order valence-corrected chi connectivity index (χ2v) is 5.60. The van der Waals surface area contributed by atoms with E-state index in [0.29, 0.717) is 11.1 Å². The zero-order valence-corrected chi connectivity index (χ0v) is 14.2. The van der Waals surface area contributed by atoms with Crippen molar-refractivity contribution in [3.05, 3.63) is 71.8 Å². The summed E-state index contributed by atoms with van der Waals surface area (Å²) in [6, 6.07) is 17.7. The topological polar surface area (TPSA) is 37.3 Å². The van der Waals surface area contributed by atoms with Crippen LogP contribution in [0, 0.1) is 0 Å². The number of hydrogen-bond donors (Lipinski definition) is 1. The summed E-state index contributed by atoms with van der Waals surface area (Å²) in [7, 11) is 0. The van der Waals surface area contributed by atoms with Crippen molar-refractivity contribution in [1.82, 2.24) is 0 Å². The van der Waals surface area contributed by atoms with Crippen molar-refractivity contribution < 1.29 is 9.90 Å². The van der Waals surface area contributed by atoms with Crippen molar-refractivity contribution >= 4 is 5.78 Å². The third kappa shape index (κ3) is 7.25. The maximum atomic E-state index is 11.9. The predicted molar refractivity (Wildman–Crippen MR) is 96.6 cm³/mol. The molecule has 0 aliphatic rings. The number of hydrogen-bond acceptors (Lipinski definition) is 2. The Morgan fingerprint density at radius 1 is 0.826 bits per heavy atom. The molecule has 2 aromatic carbocycles. The maximum absolute atomic E-state index is 11.9. The fourth-order valence-corrected chi connectivity index (χ4v) is 2.22. The Hall–Kier alpha value is -1.93. The van der Waals surface area contributed by atoms with E-state index in [9.17, 15) is 9.90 Å². The molecule has 124 valence electrons. The largest absolute Gasteiger partial charge is 0.380 e. The van der Waals surface area contributed by atoms with E-state index in [1.807, 2.05) is 12.1 Å². The van der Waals surface area contributed by atoms with Gasteiger partial charge >= 0.3 is 0 Å². The number of unbranched alkanes of at least 4 members (excludes halogenated alkanes) is 4. The summed E-state index contributed by atoms with van der Waals surface area (Å²) in [4.78, 5) is 11.9. The van der Waals surface area contributed by atoms with Gasteiger partial charge in [-0.25, -0.2) is 0 Å². The number of rotatable bonds is 7. The summed E-state index contributed by atoms with van der Waals surface area (Å²) in [6.07, 6.45) is 5.93. The molecule has 0 aliphatic carbocycles. The first-order valence-corrected chi connectivity index (χ1v) is 8.53. The van der Waals surface area contributed by atoms with Crippen LogP contribution in [-0.2, 0) is 0 Å². The fraction of sp³-hybridized carbons (Fsp3) is 0.381. The monoisotopic (exact) mass is 312 g/mol. The van der Waals surface area contributed by atoms with Gasteiger partial charge in [-0.2, -0.15) is 0 Å². The molecule has 0 bridgehead atoms. The lowest BCUT2D eigenvalue weighted by Crippen LogP contribution is -2.11. The summed E-state index contributed by atoms with van der Waals surface area (Å²) >= 11 is 0. The second kappa shape index (κ2) is 11.6. The molecule has 2 heteroatoms. The van der Waals surface area contributed by atoms with E-state index in [-0.39, 0.29) is 5.78 Å². The van der Waals surface area contributed by atoms with Gasteiger partial charge in [0.2, 0.25) is 0 Å². The molecular weight excluding hydrogens is 284 g/mol. The van der Waals surface area contributed by atoms with Crippen LogP contribution < -0.4 is 0 Å². The Morgan fingerprint density at radius 2 is 1.30 bits per heavy atom. The van der Waals surface area contributed by atoms with Gasteiger partial charge in [-0.05, 0) is 5.56 Å².